The van der Waals surface area contributed by atoms with E-state index in [4.69, 9.17) is 25.9 Å². The van der Waals surface area contributed by atoms with Gasteiger partial charge in [-0.05, 0) is 36.4 Å². The Hall–Kier alpha value is -3.46. The van der Waals surface area contributed by atoms with Crippen LogP contribution in [0.2, 0.25) is 5.02 Å². The van der Waals surface area contributed by atoms with Crippen LogP contribution in [0.25, 0.3) is 11.3 Å². The standard InChI is InChI=1S/C20H13ClF3NO5/c1-29-17-13(21)8-11(19(27)28)9-14(17)25-18(26)16-6-5-15(30-16)10-3-2-4-12(7-10)20(22,23)24/h2-9H,1H3,(H,25,26)(H,27,28). The van der Waals surface area contributed by atoms with Crippen LogP contribution in [0, 0.1) is 0 Å². The molecule has 1 heterocycles. The molecule has 30 heavy (non-hydrogen) atoms. The zero-order valence-corrected chi connectivity index (χ0v) is 16.0. The lowest BCUT2D eigenvalue weighted by Crippen LogP contribution is -2.13. The van der Waals surface area contributed by atoms with E-state index in [0.717, 1.165) is 24.3 Å². The summed E-state index contributed by atoms with van der Waals surface area (Å²) in [5, 5.41) is 11.5. The highest BCUT2D eigenvalue weighted by molar-refractivity contribution is 6.33. The predicted octanol–water partition coefficient (Wildman–Crippen LogP) is 5.58. The van der Waals surface area contributed by atoms with Crippen molar-refractivity contribution in [2.75, 3.05) is 12.4 Å². The van der Waals surface area contributed by atoms with Gasteiger partial charge in [-0.15, -0.1) is 0 Å². The lowest BCUT2D eigenvalue weighted by Gasteiger charge is -2.12. The summed E-state index contributed by atoms with van der Waals surface area (Å²) in [5.74, 6) is -2.15. The first-order chi connectivity index (χ1) is 14.1. The Morgan fingerprint density at radius 1 is 1.13 bits per heavy atom. The molecule has 0 atom stereocenters. The summed E-state index contributed by atoms with van der Waals surface area (Å²) in [6.45, 7) is 0. The SMILES string of the molecule is COc1c(Cl)cc(C(=O)O)cc1NC(=O)c1ccc(-c2cccc(C(F)(F)F)c2)o1. The monoisotopic (exact) mass is 439 g/mol. The number of amides is 1. The van der Waals surface area contributed by atoms with Crippen molar-refractivity contribution in [3.05, 3.63) is 70.4 Å². The molecular formula is C20H13ClF3NO5. The Kier molecular flexibility index (Phi) is 5.75. The van der Waals surface area contributed by atoms with Crippen molar-refractivity contribution >= 4 is 29.2 Å². The van der Waals surface area contributed by atoms with Gasteiger partial charge in [0.1, 0.15) is 5.76 Å². The summed E-state index contributed by atoms with van der Waals surface area (Å²) >= 11 is 5.99. The molecule has 2 N–H and O–H groups in total. The van der Waals surface area contributed by atoms with Gasteiger partial charge in [0.25, 0.3) is 5.91 Å². The lowest BCUT2D eigenvalue weighted by molar-refractivity contribution is -0.137. The van der Waals surface area contributed by atoms with Gasteiger partial charge in [0.05, 0.1) is 28.9 Å². The van der Waals surface area contributed by atoms with Gasteiger partial charge in [-0.3, -0.25) is 4.79 Å². The van der Waals surface area contributed by atoms with Crippen LogP contribution >= 0.6 is 11.6 Å². The van der Waals surface area contributed by atoms with E-state index < -0.39 is 23.6 Å². The maximum Gasteiger partial charge on any atom is 0.416 e. The molecule has 10 heteroatoms. The van der Waals surface area contributed by atoms with Crippen LogP contribution in [0.15, 0.2) is 52.9 Å². The van der Waals surface area contributed by atoms with Gasteiger partial charge >= 0.3 is 12.1 Å². The van der Waals surface area contributed by atoms with E-state index >= 15 is 0 Å². The Balaban J connectivity index is 1.89. The zero-order valence-electron chi connectivity index (χ0n) is 15.2. The van der Waals surface area contributed by atoms with Gasteiger partial charge in [-0.2, -0.15) is 13.2 Å². The number of furan rings is 1. The molecule has 0 aliphatic heterocycles. The Morgan fingerprint density at radius 3 is 2.50 bits per heavy atom. The molecule has 6 nitrogen and oxygen atoms in total. The molecule has 0 saturated heterocycles. The number of methoxy groups -OCH3 is 1. The number of hydrogen-bond donors (Lipinski definition) is 2. The van der Waals surface area contributed by atoms with Crippen LogP contribution < -0.4 is 10.1 Å². The van der Waals surface area contributed by atoms with E-state index in [0.29, 0.717) is 0 Å². The van der Waals surface area contributed by atoms with E-state index in [1.807, 2.05) is 0 Å². The molecule has 0 unspecified atom stereocenters. The molecule has 0 fully saturated rings. The predicted molar refractivity (Wildman–Crippen MR) is 102 cm³/mol. The van der Waals surface area contributed by atoms with Crippen molar-refractivity contribution in [1.82, 2.24) is 0 Å². The minimum absolute atomic E-state index is 0.00980. The highest BCUT2D eigenvalue weighted by Gasteiger charge is 2.30. The number of ether oxygens (including phenoxy) is 1. The van der Waals surface area contributed by atoms with Crippen LogP contribution in [0.4, 0.5) is 18.9 Å². The molecule has 0 saturated carbocycles. The molecule has 0 bridgehead atoms. The Bertz CT molecular complexity index is 1120. The average molecular weight is 440 g/mol. The van der Waals surface area contributed by atoms with Crippen LogP contribution in [0.5, 0.6) is 5.75 Å². The first-order valence-electron chi connectivity index (χ1n) is 8.30. The number of carboxylic acid groups (broad SMARTS) is 1. The molecule has 2 aromatic carbocycles. The number of anilines is 1. The van der Waals surface area contributed by atoms with Crippen LogP contribution in [0.3, 0.4) is 0 Å². The molecule has 0 spiro atoms. The topological polar surface area (TPSA) is 88.8 Å². The number of benzene rings is 2. The van der Waals surface area contributed by atoms with Gasteiger partial charge in [0.15, 0.2) is 11.5 Å². The second kappa shape index (κ2) is 8.11. The van der Waals surface area contributed by atoms with Crippen molar-refractivity contribution in [1.29, 1.82) is 0 Å². The number of carbonyl (C=O) groups is 2. The van der Waals surface area contributed by atoms with Gasteiger partial charge in [0, 0.05) is 5.56 Å². The Morgan fingerprint density at radius 2 is 1.87 bits per heavy atom. The minimum Gasteiger partial charge on any atom is -0.493 e. The fourth-order valence-electron chi connectivity index (χ4n) is 2.66. The van der Waals surface area contributed by atoms with Crippen molar-refractivity contribution in [3.8, 4) is 17.1 Å². The third kappa shape index (κ3) is 4.41. The highest BCUT2D eigenvalue weighted by atomic mass is 35.5. The largest absolute Gasteiger partial charge is 0.493 e. The molecule has 0 radical (unpaired) electrons. The number of rotatable bonds is 5. The lowest BCUT2D eigenvalue weighted by atomic mass is 10.1. The van der Waals surface area contributed by atoms with E-state index in [-0.39, 0.29) is 39.1 Å². The molecule has 1 amide bonds. The Labute approximate surface area is 172 Å². The molecule has 0 aliphatic carbocycles. The number of nitrogens with one attached hydrogen (secondary N) is 1. The third-order valence-corrected chi connectivity index (χ3v) is 4.33. The van der Waals surface area contributed by atoms with Crippen molar-refractivity contribution < 1.29 is 37.0 Å². The van der Waals surface area contributed by atoms with Crippen LogP contribution in [-0.4, -0.2) is 24.1 Å². The van der Waals surface area contributed by atoms with Crippen molar-refractivity contribution in [2.45, 2.75) is 6.18 Å². The molecular weight excluding hydrogens is 427 g/mol. The number of carbonyl (C=O) groups excluding carboxylic acids is 1. The summed E-state index contributed by atoms with van der Waals surface area (Å²) in [6, 6.07) is 9.41. The van der Waals surface area contributed by atoms with Gasteiger partial charge < -0.3 is 19.6 Å². The fraction of sp³-hybridized carbons (Fsp3) is 0.100. The quantitative estimate of drug-likeness (QED) is 0.542. The van der Waals surface area contributed by atoms with E-state index in [1.54, 1.807) is 0 Å². The van der Waals surface area contributed by atoms with Gasteiger partial charge in [-0.25, -0.2) is 4.79 Å². The molecule has 3 rings (SSSR count). The average Bonchev–Trinajstić information content (AvgIpc) is 3.17. The summed E-state index contributed by atoms with van der Waals surface area (Å²) in [5.41, 5.74) is -0.908. The molecule has 1 aromatic heterocycles. The first kappa shape index (κ1) is 21.3. The van der Waals surface area contributed by atoms with E-state index in [9.17, 15) is 22.8 Å². The van der Waals surface area contributed by atoms with Crippen molar-refractivity contribution in [3.63, 3.8) is 0 Å². The summed E-state index contributed by atoms with van der Waals surface area (Å²) < 4.78 is 49.2. The second-order valence-corrected chi connectivity index (χ2v) is 6.45. The number of carboxylic acids is 1. The maximum atomic E-state index is 12.9. The minimum atomic E-state index is -4.52. The molecule has 3 aromatic rings. The molecule has 0 aliphatic rings. The summed E-state index contributed by atoms with van der Waals surface area (Å²) in [6.07, 6.45) is -4.52. The number of alkyl halides is 3. The maximum absolute atomic E-state index is 12.9. The van der Waals surface area contributed by atoms with Gasteiger partial charge in [0.2, 0.25) is 0 Å². The summed E-state index contributed by atoms with van der Waals surface area (Å²) in [7, 11) is 1.29. The van der Waals surface area contributed by atoms with E-state index in [1.165, 1.54) is 31.4 Å². The van der Waals surface area contributed by atoms with Crippen LogP contribution in [0.1, 0.15) is 26.5 Å². The molecule has 156 valence electrons. The number of halogens is 4. The van der Waals surface area contributed by atoms with E-state index in [2.05, 4.69) is 5.32 Å². The first-order valence-corrected chi connectivity index (χ1v) is 8.67. The van der Waals surface area contributed by atoms with Crippen molar-refractivity contribution in [2.24, 2.45) is 0 Å². The normalized spacial score (nSPS) is 11.2. The second-order valence-electron chi connectivity index (χ2n) is 6.04. The fourth-order valence-corrected chi connectivity index (χ4v) is 2.96. The highest BCUT2D eigenvalue weighted by Crippen LogP contribution is 2.35. The van der Waals surface area contributed by atoms with Gasteiger partial charge in [-0.1, -0.05) is 23.7 Å². The third-order valence-electron chi connectivity index (χ3n) is 4.05. The summed E-state index contributed by atoms with van der Waals surface area (Å²) in [4.78, 5) is 23.7. The number of hydrogen-bond acceptors (Lipinski definition) is 4. The number of aromatic carboxylic acids is 1. The smallest absolute Gasteiger partial charge is 0.416 e. The zero-order chi connectivity index (χ0) is 22.1. The van der Waals surface area contributed by atoms with Crippen LogP contribution in [-0.2, 0) is 6.18 Å².